The van der Waals surface area contributed by atoms with Gasteiger partial charge >= 0.3 is 6.09 Å². The van der Waals surface area contributed by atoms with Crippen LogP contribution in [0.25, 0.3) is 0 Å². The number of para-hydroxylation sites is 1. The maximum atomic E-state index is 11.8. The van der Waals surface area contributed by atoms with E-state index in [-0.39, 0.29) is 25.3 Å². The molecule has 0 spiro atoms. The third-order valence-corrected chi connectivity index (χ3v) is 2.58. The van der Waals surface area contributed by atoms with E-state index in [2.05, 4.69) is 16.7 Å². The quantitative estimate of drug-likeness (QED) is 0.874. The van der Waals surface area contributed by atoms with Crippen molar-refractivity contribution in [1.29, 1.82) is 5.26 Å². The molecule has 118 valence electrons. The Balaban J connectivity index is 2.42. The molecule has 0 aliphatic rings. The smallest absolute Gasteiger partial charge is 0.407 e. The van der Waals surface area contributed by atoms with Crippen molar-refractivity contribution in [2.75, 3.05) is 11.9 Å². The van der Waals surface area contributed by atoms with Crippen LogP contribution >= 0.6 is 0 Å². The largest absolute Gasteiger partial charge is 0.444 e. The summed E-state index contributed by atoms with van der Waals surface area (Å²) in [6.45, 7) is 5.49. The van der Waals surface area contributed by atoms with Crippen molar-refractivity contribution in [2.24, 2.45) is 0 Å². The van der Waals surface area contributed by atoms with Crippen LogP contribution in [-0.4, -0.2) is 24.1 Å². The molecule has 0 bridgehead atoms. The topological polar surface area (TPSA) is 91.2 Å². The van der Waals surface area contributed by atoms with Gasteiger partial charge in [-0.15, -0.1) is 0 Å². The minimum absolute atomic E-state index is 0.125. The number of carbonyl (C=O) groups is 2. The van der Waals surface area contributed by atoms with E-state index >= 15 is 0 Å². The van der Waals surface area contributed by atoms with Gasteiger partial charge in [-0.1, -0.05) is 18.2 Å². The molecule has 0 atom stereocenters. The van der Waals surface area contributed by atoms with Gasteiger partial charge in [0.2, 0.25) is 5.91 Å². The molecular weight excluding hydrogens is 282 g/mol. The SMILES string of the molecule is CC(C)(C)OC(=O)NCCC(=O)Nc1ccccc1CC#N. The molecular formula is C16H21N3O3. The number of hydrogen-bond acceptors (Lipinski definition) is 4. The average Bonchev–Trinajstić information content (AvgIpc) is 2.39. The zero-order valence-electron chi connectivity index (χ0n) is 13.1. The fourth-order valence-corrected chi connectivity index (χ4v) is 1.69. The van der Waals surface area contributed by atoms with Crippen LogP contribution in [0.1, 0.15) is 32.8 Å². The Morgan fingerprint density at radius 3 is 2.59 bits per heavy atom. The van der Waals surface area contributed by atoms with Gasteiger partial charge < -0.3 is 15.4 Å². The number of nitriles is 1. The highest BCUT2D eigenvalue weighted by Crippen LogP contribution is 2.15. The van der Waals surface area contributed by atoms with Crippen LogP contribution in [0.4, 0.5) is 10.5 Å². The van der Waals surface area contributed by atoms with Crippen molar-refractivity contribution >= 4 is 17.7 Å². The molecule has 0 aromatic heterocycles. The van der Waals surface area contributed by atoms with E-state index < -0.39 is 11.7 Å². The van der Waals surface area contributed by atoms with Crippen LogP contribution in [0.3, 0.4) is 0 Å². The fourth-order valence-electron chi connectivity index (χ4n) is 1.69. The molecule has 0 aliphatic heterocycles. The summed E-state index contributed by atoms with van der Waals surface area (Å²) < 4.78 is 5.07. The summed E-state index contributed by atoms with van der Waals surface area (Å²) in [7, 11) is 0. The summed E-state index contributed by atoms with van der Waals surface area (Å²) in [5, 5.41) is 14.0. The molecule has 1 rings (SSSR count). The first kappa shape index (κ1) is 17.5. The molecule has 2 amide bonds. The predicted molar refractivity (Wildman–Crippen MR) is 83.2 cm³/mol. The lowest BCUT2D eigenvalue weighted by atomic mass is 10.1. The average molecular weight is 303 g/mol. The fraction of sp³-hybridized carbons (Fsp3) is 0.438. The highest BCUT2D eigenvalue weighted by molar-refractivity contribution is 5.91. The zero-order valence-corrected chi connectivity index (χ0v) is 13.1. The van der Waals surface area contributed by atoms with Crippen molar-refractivity contribution in [3.05, 3.63) is 29.8 Å². The summed E-state index contributed by atoms with van der Waals surface area (Å²) in [6.07, 6.45) is -0.197. The van der Waals surface area contributed by atoms with Gasteiger partial charge in [0.1, 0.15) is 5.60 Å². The third-order valence-electron chi connectivity index (χ3n) is 2.58. The minimum Gasteiger partial charge on any atom is -0.444 e. The Morgan fingerprint density at radius 2 is 1.95 bits per heavy atom. The van der Waals surface area contributed by atoms with Crippen molar-refractivity contribution in [2.45, 2.75) is 39.2 Å². The molecule has 0 fully saturated rings. The number of benzene rings is 1. The normalized spacial score (nSPS) is 10.5. The van der Waals surface area contributed by atoms with E-state index in [4.69, 9.17) is 10.00 Å². The van der Waals surface area contributed by atoms with Gasteiger partial charge in [0, 0.05) is 18.7 Å². The Kier molecular flexibility index (Phi) is 6.39. The lowest BCUT2D eigenvalue weighted by molar-refractivity contribution is -0.116. The lowest BCUT2D eigenvalue weighted by Crippen LogP contribution is -2.34. The summed E-state index contributed by atoms with van der Waals surface area (Å²) >= 11 is 0. The first-order chi connectivity index (χ1) is 10.3. The van der Waals surface area contributed by atoms with Gasteiger partial charge in [0.05, 0.1) is 12.5 Å². The van der Waals surface area contributed by atoms with Crippen LogP contribution in [0, 0.1) is 11.3 Å². The second kappa shape index (κ2) is 8.03. The number of hydrogen-bond donors (Lipinski definition) is 2. The molecule has 0 saturated heterocycles. The van der Waals surface area contributed by atoms with E-state index in [1.807, 2.05) is 6.07 Å². The first-order valence-corrected chi connectivity index (χ1v) is 7.03. The lowest BCUT2D eigenvalue weighted by Gasteiger charge is -2.19. The molecule has 0 aliphatic carbocycles. The van der Waals surface area contributed by atoms with Crippen LogP contribution < -0.4 is 10.6 Å². The Morgan fingerprint density at radius 1 is 1.27 bits per heavy atom. The third kappa shape index (κ3) is 6.75. The van der Waals surface area contributed by atoms with Crippen molar-refractivity contribution < 1.29 is 14.3 Å². The maximum Gasteiger partial charge on any atom is 0.407 e. The van der Waals surface area contributed by atoms with Crippen LogP contribution in [-0.2, 0) is 16.0 Å². The molecule has 0 radical (unpaired) electrons. The molecule has 6 nitrogen and oxygen atoms in total. The summed E-state index contributed by atoms with van der Waals surface area (Å²) in [4.78, 5) is 23.3. The zero-order chi connectivity index (χ0) is 16.6. The van der Waals surface area contributed by atoms with E-state index in [0.717, 1.165) is 5.56 Å². The van der Waals surface area contributed by atoms with Crippen LogP contribution in [0.15, 0.2) is 24.3 Å². The highest BCUT2D eigenvalue weighted by atomic mass is 16.6. The Labute approximate surface area is 130 Å². The minimum atomic E-state index is -0.567. The predicted octanol–water partition coefficient (Wildman–Crippen LogP) is 2.61. The van der Waals surface area contributed by atoms with Crippen molar-refractivity contribution in [1.82, 2.24) is 5.32 Å². The molecule has 0 unspecified atom stereocenters. The molecule has 22 heavy (non-hydrogen) atoms. The van der Waals surface area contributed by atoms with Gasteiger partial charge in [0.25, 0.3) is 0 Å². The molecule has 2 N–H and O–H groups in total. The summed E-state index contributed by atoms with van der Waals surface area (Å²) in [5.74, 6) is -0.235. The molecule has 1 aromatic rings. The second-order valence-electron chi connectivity index (χ2n) is 5.72. The van der Waals surface area contributed by atoms with Gasteiger partial charge in [0.15, 0.2) is 0 Å². The number of alkyl carbamates (subject to hydrolysis) is 1. The number of nitrogens with zero attached hydrogens (tertiary/aromatic N) is 1. The van der Waals surface area contributed by atoms with Crippen LogP contribution in [0.5, 0.6) is 0 Å². The summed E-state index contributed by atoms with van der Waals surface area (Å²) in [5.41, 5.74) is 0.813. The highest BCUT2D eigenvalue weighted by Gasteiger charge is 2.16. The number of amides is 2. The van der Waals surface area contributed by atoms with Gasteiger partial charge in [-0.25, -0.2) is 4.79 Å². The first-order valence-electron chi connectivity index (χ1n) is 7.03. The number of nitrogens with one attached hydrogen (secondary N) is 2. The summed E-state index contributed by atoms with van der Waals surface area (Å²) in [6, 6.07) is 9.18. The van der Waals surface area contributed by atoms with Gasteiger partial charge in [-0.3, -0.25) is 4.79 Å². The Hall–Kier alpha value is -2.55. The Bertz CT molecular complexity index is 571. The number of carbonyl (C=O) groups excluding carboxylic acids is 2. The van der Waals surface area contributed by atoms with Crippen LogP contribution in [0.2, 0.25) is 0 Å². The number of rotatable bonds is 5. The number of ether oxygens (including phenoxy) is 1. The maximum absolute atomic E-state index is 11.8. The molecule has 6 heteroatoms. The number of anilines is 1. The van der Waals surface area contributed by atoms with E-state index in [9.17, 15) is 9.59 Å². The second-order valence-corrected chi connectivity index (χ2v) is 5.72. The monoisotopic (exact) mass is 303 g/mol. The van der Waals surface area contributed by atoms with E-state index in [0.29, 0.717) is 5.69 Å². The van der Waals surface area contributed by atoms with E-state index in [1.54, 1.807) is 39.0 Å². The van der Waals surface area contributed by atoms with Gasteiger partial charge in [-0.05, 0) is 32.4 Å². The molecule has 1 aromatic carbocycles. The van der Waals surface area contributed by atoms with Crippen molar-refractivity contribution in [3.8, 4) is 6.07 Å². The molecule has 0 saturated carbocycles. The molecule has 0 heterocycles. The van der Waals surface area contributed by atoms with Gasteiger partial charge in [-0.2, -0.15) is 5.26 Å². The van der Waals surface area contributed by atoms with E-state index in [1.165, 1.54) is 0 Å². The van der Waals surface area contributed by atoms with Crippen molar-refractivity contribution in [3.63, 3.8) is 0 Å². The standard InChI is InChI=1S/C16H21N3O3/c1-16(2,3)22-15(21)18-11-9-14(20)19-13-7-5-4-6-12(13)8-10-17/h4-7H,8-9,11H2,1-3H3,(H,18,21)(H,19,20).